The number of aromatic nitrogens is 4. The van der Waals surface area contributed by atoms with E-state index in [1.807, 2.05) is 11.6 Å². The minimum Gasteiger partial charge on any atom is -0.377 e. The Morgan fingerprint density at radius 1 is 1.42 bits per heavy atom. The summed E-state index contributed by atoms with van der Waals surface area (Å²) in [5.74, 6) is -0.626. The van der Waals surface area contributed by atoms with Crippen molar-refractivity contribution in [2.45, 2.75) is 12.1 Å². The molecule has 0 radical (unpaired) electrons. The van der Waals surface area contributed by atoms with E-state index in [1.165, 1.54) is 12.1 Å². The summed E-state index contributed by atoms with van der Waals surface area (Å²) in [5, 5.41) is 11.3. The quantitative estimate of drug-likeness (QED) is 0.785. The number of carbonyl (C=O) groups is 1. The smallest absolute Gasteiger partial charge is 0.253 e. The summed E-state index contributed by atoms with van der Waals surface area (Å²) >= 11 is 0. The third kappa shape index (κ3) is 2.44. The summed E-state index contributed by atoms with van der Waals surface area (Å²) in [5.41, 5.74) is 1.24. The van der Waals surface area contributed by atoms with Crippen LogP contribution in [-0.4, -0.2) is 44.7 Å². The van der Waals surface area contributed by atoms with Gasteiger partial charge < -0.3 is 14.6 Å². The van der Waals surface area contributed by atoms with Crippen molar-refractivity contribution in [3.63, 3.8) is 0 Å². The number of nitrogens with one attached hydrogen (secondary N) is 1. The number of hydrogen-bond acceptors (Lipinski definition) is 4. The van der Waals surface area contributed by atoms with Gasteiger partial charge in [-0.05, 0) is 18.2 Å². The molecule has 1 aromatic carbocycles. The first-order valence-electron chi connectivity index (χ1n) is 7.62. The largest absolute Gasteiger partial charge is 0.377 e. The predicted octanol–water partition coefficient (Wildman–Crippen LogP) is 1.28. The fraction of sp³-hybridized carbons (Fsp3) is 0.312. The van der Waals surface area contributed by atoms with Crippen LogP contribution < -0.4 is 5.32 Å². The van der Waals surface area contributed by atoms with Crippen LogP contribution in [0.15, 0.2) is 36.8 Å². The van der Waals surface area contributed by atoms with Crippen molar-refractivity contribution < 1.29 is 13.9 Å². The lowest BCUT2D eigenvalue weighted by molar-refractivity contribution is 0.0926. The van der Waals surface area contributed by atoms with Gasteiger partial charge >= 0.3 is 0 Å². The van der Waals surface area contributed by atoms with Crippen molar-refractivity contribution >= 4 is 16.8 Å². The van der Waals surface area contributed by atoms with Gasteiger partial charge in [-0.2, -0.15) is 0 Å². The summed E-state index contributed by atoms with van der Waals surface area (Å²) in [4.78, 5) is 12.7. The summed E-state index contributed by atoms with van der Waals surface area (Å²) in [6.45, 7) is 0.855. The lowest BCUT2D eigenvalue weighted by Gasteiger charge is -2.18. The van der Waals surface area contributed by atoms with E-state index in [-0.39, 0.29) is 23.8 Å². The molecule has 24 heavy (non-hydrogen) atoms. The number of hydrogen-bond donors (Lipinski definition) is 1. The molecule has 1 amide bonds. The van der Waals surface area contributed by atoms with Crippen LogP contribution in [0.3, 0.4) is 0 Å². The highest BCUT2D eigenvalue weighted by Crippen LogP contribution is 2.23. The topological polar surface area (TPSA) is 74.0 Å². The minimum absolute atomic E-state index is 0.108. The molecule has 1 aliphatic rings. The van der Waals surface area contributed by atoms with Crippen molar-refractivity contribution in [3.8, 4) is 0 Å². The Kier molecular flexibility index (Phi) is 3.53. The van der Waals surface area contributed by atoms with Gasteiger partial charge in [0.2, 0.25) is 0 Å². The van der Waals surface area contributed by atoms with E-state index in [0.717, 1.165) is 5.52 Å². The third-order valence-electron chi connectivity index (χ3n) is 4.34. The number of ether oxygens (including phenoxy) is 1. The molecule has 124 valence electrons. The van der Waals surface area contributed by atoms with Crippen LogP contribution in [0.25, 0.3) is 10.9 Å². The second-order valence-corrected chi connectivity index (χ2v) is 5.88. The Morgan fingerprint density at radius 2 is 2.29 bits per heavy atom. The van der Waals surface area contributed by atoms with Gasteiger partial charge in [0.1, 0.15) is 5.82 Å². The van der Waals surface area contributed by atoms with E-state index in [9.17, 15) is 9.18 Å². The Labute approximate surface area is 137 Å². The molecular weight excluding hydrogens is 313 g/mol. The van der Waals surface area contributed by atoms with E-state index < -0.39 is 0 Å². The number of amides is 1. The van der Waals surface area contributed by atoms with Crippen LogP contribution in [0, 0.1) is 5.82 Å². The zero-order valence-electron chi connectivity index (χ0n) is 13.0. The molecule has 7 nitrogen and oxygen atoms in total. The van der Waals surface area contributed by atoms with Crippen LogP contribution in [-0.2, 0) is 11.8 Å². The third-order valence-corrected chi connectivity index (χ3v) is 4.34. The average Bonchev–Trinajstić information content (AvgIpc) is 3.27. The Morgan fingerprint density at radius 3 is 3.08 bits per heavy atom. The van der Waals surface area contributed by atoms with Crippen LogP contribution in [0.4, 0.5) is 4.39 Å². The van der Waals surface area contributed by atoms with Gasteiger partial charge in [-0.3, -0.25) is 4.79 Å². The normalized spacial score (nSPS) is 20.6. The molecule has 2 aromatic heterocycles. The number of nitrogens with zero attached hydrogens (tertiary/aromatic N) is 4. The van der Waals surface area contributed by atoms with Gasteiger partial charge in [-0.25, -0.2) is 9.07 Å². The van der Waals surface area contributed by atoms with Crippen molar-refractivity contribution in [3.05, 3.63) is 48.2 Å². The average molecular weight is 329 g/mol. The van der Waals surface area contributed by atoms with Gasteiger partial charge in [0, 0.05) is 30.3 Å². The fourth-order valence-electron chi connectivity index (χ4n) is 3.13. The summed E-state index contributed by atoms with van der Waals surface area (Å²) in [7, 11) is 1.83. The molecule has 4 rings (SSSR count). The van der Waals surface area contributed by atoms with E-state index >= 15 is 0 Å². The maximum absolute atomic E-state index is 13.6. The number of fused-ring (bicyclic) bond motifs is 1. The Hall–Kier alpha value is -2.74. The van der Waals surface area contributed by atoms with Gasteiger partial charge in [0.25, 0.3) is 5.91 Å². The summed E-state index contributed by atoms with van der Waals surface area (Å²) in [6, 6.07) is 4.10. The maximum atomic E-state index is 13.6. The van der Waals surface area contributed by atoms with Crippen LogP contribution >= 0.6 is 0 Å². The first-order valence-corrected chi connectivity index (χ1v) is 7.62. The zero-order chi connectivity index (χ0) is 16.7. The first kappa shape index (κ1) is 14.8. The number of rotatable bonds is 3. The first-order chi connectivity index (χ1) is 11.6. The lowest BCUT2D eigenvalue weighted by atomic mass is 10.1. The van der Waals surface area contributed by atoms with Gasteiger partial charge in [-0.15, -0.1) is 5.10 Å². The lowest BCUT2D eigenvalue weighted by Crippen LogP contribution is -2.41. The monoisotopic (exact) mass is 329 g/mol. The number of halogens is 1. The molecule has 1 N–H and O–H groups in total. The van der Waals surface area contributed by atoms with Crippen LogP contribution in [0.5, 0.6) is 0 Å². The van der Waals surface area contributed by atoms with E-state index in [0.29, 0.717) is 24.2 Å². The molecule has 2 atom stereocenters. The van der Waals surface area contributed by atoms with Gasteiger partial charge in [0.05, 0.1) is 37.1 Å². The number of carbonyl (C=O) groups excluding carboxylic acids is 1. The molecule has 1 aliphatic heterocycles. The molecule has 0 saturated carbocycles. The van der Waals surface area contributed by atoms with Gasteiger partial charge in [-0.1, -0.05) is 5.21 Å². The van der Waals surface area contributed by atoms with Gasteiger partial charge in [0.15, 0.2) is 0 Å². The molecule has 0 bridgehead atoms. The Bertz CT molecular complexity index is 889. The van der Waals surface area contributed by atoms with Crippen molar-refractivity contribution in [1.29, 1.82) is 0 Å². The SMILES string of the molecule is Cn1cc(C(=O)N[C@H]2COC[C@H]2n2ccnn2)c2cc(F)ccc21. The second-order valence-electron chi connectivity index (χ2n) is 5.88. The van der Waals surface area contributed by atoms with E-state index in [2.05, 4.69) is 15.6 Å². The standard InChI is InChI=1S/C16H16FN5O2/c1-21-7-12(11-6-10(17)2-3-14(11)21)16(23)19-13-8-24-9-15(13)22-5-4-18-20-22/h2-7,13,15H,8-9H2,1H3,(H,19,23)/t13-,15+/m0/s1. The van der Waals surface area contributed by atoms with Crippen molar-refractivity contribution in [1.82, 2.24) is 24.9 Å². The highest BCUT2D eigenvalue weighted by molar-refractivity contribution is 6.07. The molecule has 1 saturated heterocycles. The second kappa shape index (κ2) is 5.72. The summed E-state index contributed by atoms with van der Waals surface area (Å²) < 4.78 is 22.5. The summed E-state index contributed by atoms with van der Waals surface area (Å²) in [6.07, 6.45) is 5.04. The van der Waals surface area contributed by atoms with Crippen molar-refractivity contribution in [2.24, 2.45) is 7.05 Å². The minimum atomic E-state index is -0.368. The highest BCUT2D eigenvalue weighted by atomic mass is 19.1. The fourth-order valence-corrected chi connectivity index (χ4v) is 3.13. The molecule has 1 fully saturated rings. The zero-order valence-corrected chi connectivity index (χ0v) is 13.0. The Balaban J connectivity index is 1.61. The number of aryl methyl sites for hydroxylation is 1. The van der Waals surface area contributed by atoms with E-state index in [1.54, 1.807) is 29.3 Å². The molecule has 8 heteroatoms. The maximum Gasteiger partial charge on any atom is 0.253 e. The van der Waals surface area contributed by atoms with Crippen LogP contribution in [0.2, 0.25) is 0 Å². The molecule has 0 unspecified atom stereocenters. The predicted molar refractivity (Wildman–Crippen MR) is 84.0 cm³/mol. The molecule has 3 aromatic rings. The highest BCUT2D eigenvalue weighted by Gasteiger charge is 2.32. The van der Waals surface area contributed by atoms with Crippen molar-refractivity contribution in [2.75, 3.05) is 13.2 Å². The number of benzene rings is 1. The molecule has 0 aliphatic carbocycles. The van der Waals surface area contributed by atoms with Crippen LogP contribution in [0.1, 0.15) is 16.4 Å². The molecule has 3 heterocycles. The molecular formula is C16H16FN5O2. The van der Waals surface area contributed by atoms with E-state index in [4.69, 9.17) is 4.74 Å². The molecule has 0 spiro atoms.